The number of ether oxygens (including phenoxy) is 2. The fourth-order valence-electron chi connectivity index (χ4n) is 2.46. The van der Waals surface area contributed by atoms with Gasteiger partial charge in [0.05, 0.1) is 31.3 Å². The van der Waals surface area contributed by atoms with Gasteiger partial charge in [0, 0.05) is 25.5 Å². The Kier molecular flexibility index (Phi) is 2.63. The van der Waals surface area contributed by atoms with E-state index in [-0.39, 0.29) is 11.5 Å². The Labute approximate surface area is 95.0 Å². The molecule has 0 aliphatic carbocycles. The molecular weight excluding hydrogens is 204 g/mol. The standard InChI is InChI=1S/C12H16N2O2/c1-3-13-4-2-10(1)12(8-15-9-12)11-7-14-5-6-16-11/h1-4,11,14H,5-9H2. The fraction of sp³-hybridized carbons (Fsp3) is 0.583. The molecule has 0 radical (unpaired) electrons. The fourth-order valence-corrected chi connectivity index (χ4v) is 2.46. The van der Waals surface area contributed by atoms with Gasteiger partial charge in [-0.15, -0.1) is 0 Å². The third-order valence-corrected chi connectivity index (χ3v) is 3.52. The predicted octanol–water partition coefficient (Wildman–Crippen LogP) is 0.338. The SMILES string of the molecule is c1cc(C2(C3CNCCO3)COC2)ccn1. The summed E-state index contributed by atoms with van der Waals surface area (Å²) in [6, 6.07) is 4.14. The second kappa shape index (κ2) is 4.13. The van der Waals surface area contributed by atoms with Gasteiger partial charge in [0.25, 0.3) is 0 Å². The largest absolute Gasteiger partial charge is 0.379 e. The predicted molar refractivity (Wildman–Crippen MR) is 59.3 cm³/mol. The smallest absolute Gasteiger partial charge is 0.0841 e. The highest BCUT2D eigenvalue weighted by Gasteiger charge is 2.48. The van der Waals surface area contributed by atoms with Gasteiger partial charge in [-0.05, 0) is 17.7 Å². The van der Waals surface area contributed by atoms with E-state index >= 15 is 0 Å². The monoisotopic (exact) mass is 220 g/mol. The Morgan fingerprint density at radius 1 is 1.31 bits per heavy atom. The van der Waals surface area contributed by atoms with Crippen molar-refractivity contribution in [2.75, 3.05) is 32.9 Å². The lowest BCUT2D eigenvalue weighted by molar-refractivity contribution is -0.146. The molecule has 16 heavy (non-hydrogen) atoms. The van der Waals surface area contributed by atoms with Gasteiger partial charge in [0.15, 0.2) is 0 Å². The summed E-state index contributed by atoms with van der Waals surface area (Å²) in [6.07, 6.45) is 3.90. The number of aromatic nitrogens is 1. The maximum Gasteiger partial charge on any atom is 0.0841 e. The Balaban J connectivity index is 1.87. The lowest BCUT2D eigenvalue weighted by Gasteiger charge is -2.48. The van der Waals surface area contributed by atoms with Gasteiger partial charge < -0.3 is 14.8 Å². The molecule has 1 atom stereocenters. The molecule has 4 nitrogen and oxygen atoms in total. The molecule has 1 aromatic rings. The van der Waals surface area contributed by atoms with Crippen molar-refractivity contribution in [2.24, 2.45) is 0 Å². The van der Waals surface area contributed by atoms with Crippen molar-refractivity contribution in [1.82, 2.24) is 10.3 Å². The molecule has 1 N–H and O–H groups in total. The van der Waals surface area contributed by atoms with Crippen LogP contribution in [0.4, 0.5) is 0 Å². The van der Waals surface area contributed by atoms with Gasteiger partial charge in [-0.3, -0.25) is 4.98 Å². The number of hydrogen-bond acceptors (Lipinski definition) is 4. The molecule has 0 spiro atoms. The summed E-state index contributed by atoms with van der Waals surface area (Å²) < 4.78 is 11.3. The van der Waals surface area contributed by atoms with Crippen LogP contribution in [0.1, 0.15) is 5.56 Å². The maximum absolute atomic E-state index is 5.88. The molecule has 0 bridgehead atoms. The van der Waals surface area contributed by atoms with E-state index in [1.165, 1.54) is 5.56 Å². The van der Waals surface area contributed by atoms with E-state index in [4.69, 9.17) is 9.47 Å². The summed E-state index contributed by atoms with van der Waals surface area (Å²) in [5, 5.41) is 3.38. The molecule has 4 heteroatoms. The van der Waals surface area contributed by atoms with E-state index in [9.17, 15) is 0 Å². The van der Waals surface area contributed by atoms with E-state index in [0.29, 0.717) is 0 Å². The summed E-state index contributed by atoms with van der Waals surface area (Å²) in [5.41, 5.74) is 1.32. The van der Waals surface area contributed by atoms with E-state index in [0.717, 1.165) is 32.9 Å². The first kappa shape index (κ1) is 10.2. The Hall–Kier alpha value is -0.970. The summed E-state index contributed by atoms with van der Waals surface area (Å²) in [5.74, 6) is 0. The molecule has 1 unspecified atom stereocenters. The van der Waals surface area contributed by atoms with Gasteiger partial charge in [-0.1, -0.05) is 0 Å². The van der Waals surface area contributed by atoms with Crippen molar-refractivity contribution in [3.05, 3.63) is 30.1 Å². The van der Waals surface area contributed by atoms with Crippen molar-refractivity contribution in [3.63, 3.8) is 0 Å². The third-order valence-electron chi connectivity index (χ3n) is 3.52. The molecule has 2 aliphatic rings. The molecule has 0 amide bonds. The number of morpholine rings is 1. The maximum atomic E-state index is 5.88. The number of nitrogens with one attached hydrogen (secondary N) is 1. The quantitative estimate of drug-likeness (QED) is 0.780. The van der Waals surface area contributed by atoms with Crippen LogP contribution in [0.25, 0.3) is 0 Å². The van der Waals surface area contributed by atoms with E-state index in [2.05, 4.69) is 22.4 Å². The van der Waals surface area contributed by atoms with Crippen LogP contribution in [0.2, 0.25) is 0 Å². The summed E-state index contributed by atoms with van der Waals surface area (Å²) in [6.45, 7) is 4.15. The van der Waals surface area contributed by atoms with Gasteiger partial charge in [-0.25, -0.2) is 0 Å². The minimum atomic E-state index is 0.0381. The number of hydrogen-bond donors (Lipinski definition) is 1. The van der Waals surface area contributed by atoms with Crippen LogP contribution in [-0.2, 0) is 14.9 Å². The van der Waals surface area contributed by atoms with Crippen LogP contribution in [-0.4, -0.2) is 44.0 Å². The topological polar surface area (TPSA) is 43.4 Å². The Morgan fingerprint density at radius 2 is 2.12 bits per heavy atom. The summed E-state index contributed by atoms with van der Waals surface area (Å²) in [7, 11) is 0. The molecule has 3 heterocycles. The van der Waals surface area contributed by atoms with E-state index in [1.54, 1.807) is 0 Å². The zero-order valence-corrected chi connectivity index (χ0v) is 9.19. The number of rotatable bonds is 2. The first-order chi connectivity index (χ1) is 7.92. The summed E-state index contributed by atoms with van der Waals surface area (Å²) >= 11 is 0. The van der Waals surface area contributed by atoms with Gasteiger partial charge in [0.2, 0.25) is 0 Å². The van der Waals surface area contributed by atoms with Crippen LogP contribution in [0, 0.1) is 0 Å². The minimum Gasteiger partial charge on any atom is -0.379 e. The average Bonchev–Trinajstić information content (AvgIpc) is 2.31. The Bertz CT molecular complexity index is 345. The molecule has 0 aromatic carbocycles. The zero-order chi connectivity index (χ0) is 10.8. The van der Waals surface area contributed by atoms with Gasteiger partial charge in [-0.2, -0.15) is 0 Å². The van der Waals surface area contributed by atoms with Crippen molar-refractivity contribution < 1.29 is 9.47 Å². The molecule has 2 saturated heterocycles. The molecule has 3 rings (SSSR count). The summed E-state index contributed by atoms with van der Waals surface area (Å²) in [4.78, 5) is 4.07. The van der Waals surface area contributed by atoms with Crippen LogP contribution in [0.3, 0.4) is 0 Å². The first-order valence-corrected chi connectivity index (χ1v) is 5.72. The second-order valence-corrected chi connectivity index (χ2v) is 4.45. The van der Waals surface area contributed by atoms with Crippen LogP contribution in [0.5, 0.6) is 0 Å². The first-order valence-electron chi connectivity index (χ1n) is 5.72. The van der Waals surface area contributed by atoms with Gasteiger partial charge in [0.1, 0.15) is 0 Å². The van der Waals surface area contributed by atoms with Crippen LogP contribution in [0.15, 0.2) is 24.5 Å². The second-order valence-electron chi connectivity index (χ2n) is 4.45. The average molecular weight is 220 g/mol. The minimum absolute atomic E-state index is 0.0381. The number of nitrogens with zero attached hydrogens (tertiary/aromatic N) is 1. The van der Waals surface area contributed by atoms with Crippen molar-refractivity contribution in [2.45, 2.75) is 11.5 Å². The normalized spacial score (nSPS) is 28.4. The molecule has 0 saturated carbocycles. The van der Waals surface area contributed by atoms with Crippen molar-refractivity contribution in [1.29, 1.82) is 0 Å². The van der Waals surface area contributed by atoms with E-state index < -0.39 is 0 Å². The lowest BCUT2D eigenvalue weighted by atomic mass is 9.73. The highest BCUT2D eigenvalue weighted by atomic mass is 16.5. The van der Waals surface area contributed by atoms with Crippen molar-refractivity contribution >= 4 is 0 Å². The molecule has 1 aromatic heterocycles. The highest BCUT2D eigenvalue weighted by Crippen LogP contribution is 2.37. The molecule has 2 fully saturated rings. The molecule has 86 valence electrons. The zero-order valence-electron chi connectivity index (χ0n) is 9.19. The van der Waals surface area contributed by atoms with Gasteiger partial charge >= 0.3 is 0 Å². The molecule has 2 aliphatic heterocycles. The molecular formula is C12H16N2O2. The van der Waals surface area contributed by atoms with Crippen LogP contribution >= 0.6 is 0 Å². The number of pyridine rings is 1. The highest BCUT2D eigenvalue weighted by molar-refractivity contribution is 5.28. The van der Waals surface area contributed by atoms with Crippen LogP contribution < -0.4 is 5.32 Å². The van der Waals surface area contributed by atoms with Crippen molar-refractivity contribution in [3.8, 4) is 0 Å². The van der Waals surface area contributed by atoms with E-state index in [1.807, 2.05) is 12.4 Å². The Morgan fingerprint density at radius 3 is 2.69 bits per heavy atom. The third kappa shape index (κ3) is 1.54. The lowest BCUT2D eigenvalue weighted by Crippen LogP contribution is -2.61.